The molecule has 1 amide bonds. The van der Waals surface area contributed by atoms with E-state index in [9.17, 15) is 9.59 Å². The minimum atomic E-state index is -0.674. The monoisotopic (exact) mass is 263 g/mol. The molecule has 0 heterocycles. The van der Waals surface area contributed by atoms with Gasteiger partial charge in [-0.15, -0.1) is 0 Å². The van der Waals surface area contributed by atoms with Gasteiger partial charge in [-0.05, 0) is 46.8 Å². The molecule has 0 aliphatic carbocycles. The number of hydrogen-bond acceptors (Lipinski definition) is 3. The highest BCUT2D eigenvalue weighted by atomic mass is 16.6. The average Bonchev–Trinajstić information content (AvgIpc) is 2.26. The fourth-order valence-electron chi connectivity index (χ4n) is 1.52. The summed E-state index contributed by atoms with van der Waals surface area (Å²) in [6.07, 6.45) is 0. The van der Waals surface area contributed by atoms with Crippen molar-refractivity contribution in [2.24, 2.45) is 0 Å². The molecule has 104 valence electrons. The molecular formula is C15H21NO3. The molecule has 0 aromatic heterocycles. The molecule has 1 aromatic carbocycles. The summed E-state index contributed by atoms with van der Waals surface area (Å²) >= 11 is 0. The molecule has 0 saturated heterocycles. The predicted molar refractivity (Wildman–Crippen MR) is 74.0 cm³/mol. The van der Waals surface area contributed by atoms with E-state index in [0.717, 1.165) is 5.56 Å². The lowest BCUT2D eigenvalue weighted by molar-refractivity contribution is -0.156. The van der Waals surface area contributed by atoms with E-state index in [0.29, 0.717) is 5.56 Å². The van der Waals surface area contributed by atoms with Crippen LogP contribution < -0.4 is 5.32 Å². The first-order valence-corrected chi connectivity index (χ1v) is 6.29. The van der Waals surface area contributed by atoms with Gasteiger partial charge in [0, 0.05) is 5.56 Å². The number of aryl methyl sites for hydroxylation is 1. The summed E-state index contributed by atoms with van der Waals surface area (Å²) in [6.45, 7) is 8.90. The summed E-state index contributed by atoms with van der Waals surface area (Å²) in [5.41, 5.74) is 0.979. The van der Waals surface area contributed by atoms with Crippen LogP contribution in [-0.2, 0) is 9.53 Å². The summed E-state index contributed by atoms with van der Waals surface area (Å²) < 4.78 is 5.21. The fraction of sp³-hybridized carbons (Fsp3) is 0.467. The molecule has 0 fully saturated rings. The van der Waals surface area contributed by atoms with Gasteiger partial charge in [-0.2, -0.15) is 0 Å². The molecule has 4 nitrogen and oxygen atoms in total. The Kier molecular flexibility index (Phi) is 4.70. The Morgan fingerprint density at radius 2 is 1.89 bits per heavy atom. The number of benzene rings is 1. The van der Waals surface area contributed by atoms with Gasteiger partial charge in [0.1, 0.15) is 11.6 Å². The van der Waals surface area contributed by atoms with Crippen LogP contribution in [0.15, 0.2) is 24.3 Å². The van der Waals surface area contributed by atoms with Crippen LogP contribution in [0.2, 0.25) is 0 Å². The third-order valence-corrected chi connectivity index (χ3v) is 2.39. The fourth-order valence-corrected chi connectivity index (χ4v) is 1.52. The highest BCUT2D eigenvalue weighted by Crippen LogP contribution is 2.09. The standard InChI is InChI=1S/C15H21NO3/c1-10-7-6-8-12(9-10)13(17)16-11(2)14(18)19-15(3,4)5/h6-9,11H,1-5H3,(H,16,17)/t11-/m1/s1. The van der Waals surface area contributed by atoms with Crippen LogP contribution >= 0.6 is 0 Å². The van der Waals surface area contributed by atoms with Crippen molar-refractivity contribution in [3.8, 4) is 0 Å². The van der Waals surface area contributed by atoms with E-state index >= 15 is 0 Å². The maximum absolute atomic E-state index is 12.0. The number of ether oxygens (including phenoxy) is 1. The number of esters is 1. The van der Waals surface area contributed by atoms with Crippen LogP contribution in [0.5, 0.6) is 0 Å². The zero-order valence-corrected chi connectivity index (χ0v) is 12.1. The quantitative estimate of drug-likeness (QED) is 0.852. The third kappa shape index (κ3) is 5.12. The minimum Gasteiger partial charge on any atom is -0.458 e. The maximum atomic E-state index is 12.0. The number of rotatable bonds is 3. The summed E-state index contributed by atoms with van der Waals surface area (Å²) in [6, 6.07) is 6.53. The number of nitrogens with one attached hydrogen (secondary N) is 1. The molecule has 19 heavy (non-hydrogen) atoms. The second kappa shape index (κ2) is 5.87. The van der Waals surface area contributed by atoms with Crippen molar-refractivity contribution < 1.29 is 14.3 Å². The van der Waals surface area contributed by atoms with Crippen molar-refractivity contribution >= 4 is 11.9 Å². The summed E-state index contributed by atoms with van der Waals surface area (Å²) in [7, 11) is 0. The molecule has 0 bridgehead atoms. The summed E-state index contributed by atoms with van der Waals surface area (Å²) in [5, 5.41) is 2.63. The molecule has 1 rings (SSSR count). The number of carbonyl (C=O) groups is 2. The lowest BCUT2D eigenvalue weighted by Gasteiger charge is -2.22. The highest BCUT2D eigenvalue weighted by molar-refractivity contribution is 5.96. The Balaban J connectivity index is 2.64. The van der Waals surface area contributed by atoms with E-state index < -0.39 is 17.6 Å². The van der Waals surface area contributed by atoms with Crippen LogP contribution in [-0.4, -0.2) is 23.5 Å². The van der Waals surface area contributed by atoms with E-state index in [1.54, 1.807) is 39.8 Å². The van der Waals surface area contributed by atoms with Gasteiger partial charge in [0.25, 0.3) is 5.91 Å². The van der Waals surface area contributed by atoms with Gasteiger partial charge in [0.2, 0.25) is 0 Å². The van der Waals surface area contributed by atoms with E-state index in [2.05, 4.69) is 5.32 Å². The molecule has 0 spiro atoms. The molecule has 0 unspecified atom stereocenters. The highest BCUT2D eigenvalue weighted by Gasteiger charge is 2.23. The SMILES string of the molecule is Cc1cccc(C(=O)N[C@H](C)C(=O)OC(C)(C)C)c1. The Hall–Kier alpha value is -1.84. The minimum absolute atomic E-state index is 0.276. The van der Waals surface area contributed by atoms with Gasteiger partial charge >= 0.3 is 5.97 Å². The zero-order valence-electron chi connectivity index (χ0n) is 12.1. The lowest BCUT2D eigenvalue weighted by Crippen LogP contribution is -2.42. The Labute approximate surface area is 114 Å². The smallest absolute Gasteiger partial charge is 0.328 e. The van der Waals surface area contributed by atoms with Crippen molar-refractivity contribution in [1.29, 1.82) is 0 Å². The van der Waals surface area contributed by atoms with Gasteiger partial charge in [-0.25, -0.2) is 4.79 Å². The van der Waals surface area contributed by atoms with Crippen LogP contribution in [0.4, 0.5) is 0 Å². The van der Waals surface area contributed by atoms with Crippen molar-refractivity contribution in [3.05, 3.63) is 35.4 Å². The zero-order chi connectivity index (χ0) is 14.6. The van der Waals surface area contributed by atoms with E-state index in [1.165, 1.54) is 0 Å². The molecule has 1 atom stereocenters. The average molecular weight is 263 g/mol. The summed E-state index contributed by atoms with van der Waals surface area (Å²) in [4.78, 5) is 23.7. The van der Waals surface area contributed by atoms with Crippen molar-refractivity contribution in [2.75, 3.05) is 0 Å². The normalized spacial score (nSPS) is 12.7. The van der Waals surface area contributed by atoms with Crippen LogP contribution in [0.25, 0.3) is 0 Å². The van der Waals surface area contributed by atoms with E-state index in [1.807, 2.05) is 19.1 Å². The van der Waals surface area contributed by atoms with Crippen molar-refractivity contribution in [1.82, 2.24) is 5.32 Å². The largest absolute Gasteiger partial charge is 0.458 e. The van der Waals surface area contributed by atoms with Crippen LogP contribution in [0.1, 0.15) is 43.6 Å². The van der Waals surface area contributed by atoms with Gasteiger partial charge in [-0.3, -0.25) is 4.79 Å². The number of carbonyl (C=O) groups excluding carboxylic acids is 2. The molecule has 0 radical (unpaired) electrons. The number of hydrogen-bond donors (Lipinski definition) is 1. The van der Waals surface area contributed by atoms with E-state index in [-0.39, 0.29) is 5.91 Å². The van der Waals surface area contributed by atoms with Crippen molar-refractivity contribution in [3.63, 3.8) is 0 Å². The van der Waals surface area contributed by atoms with Gasteiger partial charge < -0.3 is 10.1 Å². The Morgan fingerprint density at radius 3 is 2.42 bits per heavy atom. The first-order valence-electron chi connectivity index (χ1n) is 6.29. The van der Waals surface area contributed by atoms with Crippen LogP contribution in [0, 0.1) is 6.92 Å². The first-order chi connectivity index (χ1) is 8.69. The molecule has 4 heteroatoms. The second-order valence-corrected chi connectivity index (χ2v) is 5.60. The Morgan fingerprint density at radius 1 is 1.26 bits per heavy atom. The summed E-state index contributed by atoms with van der Waals surface area (Å²) in [5.74, 6) is -0.712. The molecular weight excluding hydrogens is 242 g/mol. The van der Waals surface area contributed by atoms with Crippen molar-refractivity contribution in [2.45, 2.75) is 46.3 Å². The lowest BCUT2D eigenvalue weighted by atomic mass is 10.1. The third-order valence-electron chi connectivity index (χ3n) is 2.39. The Bertz CT molecular complexity index is 475. The maximum Gasteiger partial charge on any atom is 0.328 e. The van der Waals surface area contributed by atoms with Crippen LogP contribution in [0.3, 0.4) is 0 Å². The molecule has 1 aromatic rings. The van der Waals surface area contributed by atoms with Gasteiger partial charge in [0.05, 0.1) is 0 Å². The predicted octanol–water partition coefficient (Wildman–Crippen LogP) is 2.46. The van der Waals surface area contributed by atoms with Gasteiger partial charge in [0.15, 0.2) is 0 Å². The van der Waals surface area contributed by atoms with E-state index in [4.69, 9.17) is 4.74 Å². The molecule has 0 aliphatic heterocycles. The molecule has 1 N–H and O–H groups in total. The second-order valence-electron chi connectivity index (χ2n) is 5.60. The molecule has 0 aliphatic rings. The number of amides is 1. The molecule has 0 saturated carbocycles. The van der Waals surface area contributed by atoms with Gasteiger partial charge in [-0.1, -0.05) is 17.7 Å². The topological polar surface area (TPSA) is 55.4 Å². The first kappa shape index (κ1) is 15.2.